The van der Waals surface area contributed by atoms with E-state index < -0.39 is 16.9 Å². The van der Waals surface area contributed by atoms with Gasteiger partial charge in [-0.3, -0.25) is 19.3 Å². The van der Waals surface area contributed by atoms with Crippen molar-refractivity contribution in [3.63, 3.8) is 0 Å². The minimum Gasteiger partial charge on any atom is -0.481 e. The number of hydrogen-bond donors (Lipinski definition) is 1. The second-order valence-electron chi connectivity index (χ2n) is 5.82. The molecule has 1 fully saturated rings. The molecular formula is C13H21NO4. The Morgan fingerprint density at radius 2 is 1.44 bits per heavy atom. The van der Waals surface area contributed by atoms with Gasteiger partial charge in [0, 0.05) is 12.8 Å². The normalized spacial score (nSPS) is 18.8. The van der Waals surface area contributed by atoms with E-state index in [9.17, 15) is 19.5 Å². The molecule has 0 atom stereocenters. The van der Waals surface area contributed by atoms with Crippen molar-refractivity contribution in [2.75, 3.05) is 0 Å². The Morgan fingerprint density at radius 3 is 1.78 bits per heavy atom. The number of imide groups is 1. The molecule has 0 bridgehead atoms. The molecular weight excluding hydrogens is 234 g/mol. The Morgan fingerprint density at radius 1 is 1.06 bits per heavy atom. The molecule has 2 amide bonds. The highest BCUT2D eigenvalue weighted by molar-refractivity contribution is 5.97. The number of carbonyl (C=O) groups excluding carboxylic acids is 2. The molecule has 1 saturated heterocycles. The second kappa shape index (κ2) is 4.71. The van der Waals surface area contributed by atoms with Crippen LogP contribution in [0.1, 0.15) is 53.4 Å². The second-order valence-corrected chi connectivity index (χ2v) is 5.82. The van der Waals surface area contributed by atoms with Crippen molar-refractivity contribution in [3.05, 3.63) is 0 Å². The lowest BCUT2D eigenvalue weighted by molar-refractivity contribution is -0.165. The van der Waals surface area contributed by atoms with Gasteiger partial charge in [0.2, 0.25) is 11.8 Å². The molecule has 18 heavy (non-hydrogen) atoms. The Hall–Kier alpha value is -1.39. The minimum atomic E-state index is -1.19. The van der Waals surface area contributed by atoms with Gasteiger partial charge >= 0.3 is 5.97 Å². The first kappa shape index (κ1) is 14.7. The molecule has 0 radical (unpaired) electrons. The monoisotopic (exact) mass is 255 g/mol. The quantitative estimate of drug-likeness (QED) is 0.780. The van der Waals surface area contributed by atoms with E-state index in [1.54, 1.807) is 27.7 Å². The van der Waals surface area contributed by atoms with Crippen LogP contribution in [-0.2, 0) is 14.4 Å². The third-order valence-electron chi connectivity index (χ3n) is 4.15. The number of carboxylic acids is 1. The van der Waals surface area contributed by atoms with Crippen molar-refractivity contribution < 1.29 is 19.5 Å². The van der Waals surface area contributed by atoms with Crippen molar-refractivity contribution in [2.45, 2.75) is 58.9 Å². The zero-order valence-corrected chi connectivity index (χ0v) is 11.4. The summed E-state index contributed by atoms with van der Waals surface area (Å²) < 4.78 is 0. The fourth-order valence-corrected chi connectivity index (χ4v) is 2.08. The van der Waals surface area contributed by atoms with Gasteiger partial charge in [-0.2, -0.15) is 0 Å². The average Bonchev–Trinajstić information content (AvgIpc) is 2.39. The van der Waals surface area contributed by atoms with Crippen LogP contribution in [0, 0.1) is 5.41 Å². The van der Waals surface area contributed by atoms with E-state index in [-0.39, 0.29) is 11.8 Å². The van der Waals surface area contributed by atoms with Gasteiger partial charge in [-0.25, -0.2) is 0 Å². The van der Waals surface area contributed by atoms with Crippen LogP contribution in [0.4, 0.5) is 0 Å². The van der Waals surface area contributed by atoms with Crippen LogP contribution >= 0.6 is 0 Å². The molecule has 5 nitrogen and oxygen atoms in total. The maximum Gasteiger partial charge on any atom is 0.311 e. The number of nitrogens with zero attached hydrogens (tertiary/aromatic N) is 1. The topological polar surface area (TPSA) is 74.7 Å². The Bertz CT molecular complexity index is 366. The zero-order valence-electron chi connectivity index (χ0n) is 11.4. The van der Waals surface area contributed by atoms with Gasteiger partial charge in [0.05, 0.1) is 11.0 Å². The molecule has 1 heterocycles. The number of rotatable bonds is 3. The number of aliphatic carboxylic acids is 1. The number of likely N-dealkylation sites (tertiary alicyclic amines) is 1. The van der Waals surface area contributed by atoms with Gasteiger partial charge in [-0.15, -0.1) is 0 Å². The van der Waals surface area contributed by atoms with Crippen LogP contribution in [0.15, 0.2) is 0 Å². The first-order valence-electron chi connectivity index (χ1n) is 6.21. The molecule has 5 heteroatoms. The molecule has 1 rings (SSSR count). The van der Waals surface area contributed by atoms with E-state index in [0.717, 1.165) is 4.90 Å². The molecule has 0 saturated carbocycles. The highest BCUT2D eigenvalue weighted by Crippen LogP contribution is 2.38. The third kappa shape index (κ3) is 2.26. The van der Waals surface area contributed by atoms with Crippen LogP contribution in [0.3, 0.4) is 0 Å². The standard InChI is InChI=1S/C13H21NO4/c1-12(2,11(17)18)13(3,4)14-9(15)7-5-6-8-10(14)16/h5-8H2,1-4H3,(H,17,18). The van der Waals surface area contributed by atoms with Gasteiger partial charge < -0.3 is 5.11 Å². The predicted molar refractivity (Wildman–Crippen MR) is 65.8 cm³/mol. The number of carboxylic acid groups (broad SMARTS) is 1. The van der Waals surface area contributed by atoms with Crippen molar-refractivity contribution in [2.24, 2.45) is 5.41 Å². The fraction of sp³-hybridized carbons (Fsp3) is 0.769. The number of amides is 2. The molecule has 1 aliphatic rings. The van der Waals surface area contributed by atoms with E-state index in [4.69, 9.17) is 0 Å². The molecule has 1 N–H and O–H groups in total. The number of hydrogen-bond acceptors (Lipinski definition) is 3. The predicted octanol–water partition coefficient (Wildman–Crippen LogP) is 1.80. The smallest absolute Gasteiger partial charge is 0.311 e. The van der Waals surface area contributed by atoms with Gasteiger partial charge in [0.25, 0.3) is 0 Å². The highest BCUT2D eigenvalue weighted by atomic mass is 16.4. The van der Waals surface area contributed by atoms with E-state index in [1.807, 2.05) is 0 Å². The van der Waals surface area contributed by atoms with E-state index in [1.165, 1.54) is 0 Å². The highest BCUT2D eigenvalue weighted by Gasteiger charge is 2.51. The lowest BCUT2D eigenvalue weighted by Crippen LogP contribution is -2.60. The summed E-state index contributed by atoms with van der Waals surface area (Å²) in [7, 11) is 0. The summed E-state index contributed by atoms with van der Waals surface area (Å²) in [5.41, 5.74) is -2.24. The maximum atomic E-state index is 12.1. The Labute approximate surface area is 107 Å². The maximum absolute atomic E-state index is 12.1. The summed E-state index contributed by atoms with van der Waals surface area (Å²) in [4.78, 5) is 36.6. The van der Waals surface area contributed by atoms with E-state index in [2.05, 4.69) is 0 Å². The summed E-state index contributed by atoms with van der Waals surface area (Å²) in [5, 5.41) is 9.30. The minimum absolute atomic E-state index is 0.267. The van der Waals surface area contributed by atoms with Gasteiger partial charge in [0.1, 0.15) is 0 Å². The molecule has 0 aromatic rings. The first-order valence-corrected chi connectivity index (χ1v) is 6.21. The summed E-state index contributed by atoms with van der Waals surface area (Å²) in [6.07, 6.45) is 1.99. The van der Waals surface area contributed by atoms with Crippen LogP contribution in [-0.4, -0.2) is 33.3 Å². The molecule has 0 aliphatic carbocycles. The molecule has 0 unspecified atom stereocenters. The molecule has 1 aliphatic heterocycles. The van der Waals surface area contributed by atoms with Crippen molar-refractivity contribution in [3.8, 4) is 0 Å². The van der Waals surface area contributed by atoms with Crippen molar-refractivity contribution >= 4 is 17.8 Å². The summed E-state index contributed by atoms with van der Waals surface area (Å²) >= 11 is 0. The van der Waals surface area contributed by atoms with Gasteiger partial charge in [-0.1, -0.05) is 0 Å². The molecule has 102 valence electrons. The summed E-state index contributed by atoms with van der Waals surface area (Å²) in [6, 6.07) is 0. The first-order chi connectivity index (χ1) is 8.12. The van der Waals surface area contributed by atoms with Crippen LogP contribution < -0.4 is 0 Å². The van der Waals surface area contributed by atoms with Crippen LogP contribution in [0.2, 0.25) is 0 Å². The lowest BCUT2D eigenvalue weighted by atomic mass is 9.73. The van der Waals surface area contributed by atoms with E-state index >= 15 is 0 Å². The summed E-state index contributed by atoms with van der Waals surface area (Å²) in [6.45, 7) is 6.37. The van der Waals surface area contributed by atoms with Crippen LogP contribution in [0.5, 0.6) is 0 Å². The molecule has 0 spiro atoms. The molecule has 0 aromatic carbocycles. The van der Waals surface area contributed by atoms with Crippen LogP contribution in [0.25, 0.3) is 0 Å². The van der Waals surface area contributed by atoms with Crippen molar-refractivity contribution in [1.29, 1.82) is 0 Å². The number of carbonyl (C=O) groups is 3. The summed E-state index contributed by atoms with van der Waals surface area (Å²) in [5.74, 6) is -1.55. The lowest BCUT2D eigenvalue weighted by Gasteiger charge is -2.45. The average molecular weight is 255 g/mol. The van der Waals surface area contributed by atoms with Crippen molar-refractivity contribution in [1.82, 2.24) is 4.90 Å². The zero-order chi connectivity index (χ0) is 14.1. The molecule has 0 aromatic heterocycles. The SMILES string of the molecule is CC(C)(C(=O)O)C(C)(C)N1C(=O)CCCCC1=O. The Kier molecular flexibility index (Phi) is 3.84. The van der Waals surface area contributed by atoms with Gasteiger partial charge in [0.15, 0.2) is 0 Å². The largest absolute Gasteiger partial charge is 0.481 e. The fourth-order valence-electron chi connectivity index (χ4n) is 2.08. The van der Waals surface area contributed by atoms with Gasteiger partial charge in [-0.05, 0) is 40.5 Å². The third-order valence-corrected chi connectivity index (χ3v) is 4.15. The van der Waals surface area contributed by atoms with E-state index in [0.29, 0.717) is 25.7 Å². The Balaban J connectivity index is 3.19.